The lowest BCUT2D eigenvalue weighted by Gasteiger charge is -2.14. The van der Waals surface area contributed by atoms with Crippen molar-refractivity contribution in [3.05, 3.63) is 62.5 Å². The van der Waals surface area contributed by atoms with Gasteiger partial charge in [-0.15, -0.1) is 0 Å². The standard InChI is InChI=1S/C20H20BrN3OS/c1-12-5-7-15(9-13(12)2)22-20-23-19(25)18(26-20)11-14-6-8-17(24(3)4)16(21)10-14/h5-11H,1-4H3,(H,22,23,25)/b18-11-. The molecule has 134 valence electrons. The number of carbonyl (C=O) groups is 1. The van der Waals surface area contributed by atoms with E-state index in [1.165, 1.54) is 22.9 Å². The molecule has 1 fully saturated rings. The molecular formula is C20H20BrN3OS. The molecule has 1 saturated heterocycles. The van der Waals surface area contributed by atoms with Crippen LogP contribution in [-0.2, 0) is 4.79 Å². The van der Waals surface area contributed by atoms with Gasteiger partial charge in [0.15, 0.2) is 5.17 Å². The number of rotatable bonds is 3. The third kappa shape index (κ3) is 4.19. The first-order valence-electron chi connectivity index (χ1n) is 8.17. The van der Waals surface area contributed by atoms with Gasteiger partial charge in [-0.3, -0.25) is 4.79 Å². The molecule has 0 spiro atoms. The minimum Gasteiger partial charge on any atom is -0.377 e. The van der Waals surface area contributed by atoms with Crippen molar-refractivity contribution in [2.75, 3.05) is 19.0 Å². The summed E-state index contributed by atoms with van der Waals surface area (Å²) in [4.78, 5) is 19.5. The van der Waals surface area contributed by atoms with Crippen molar-refractivity contribution in [1.29, 1.82) is 0 Å². The number of thioether (sulfide) groups is 1. The highest BCUT2D eigenvalue weighted by atomic mass is 79.9. The predicted octanol–water partition coefficient (Wildman–Crippen LogP) is 5.02. The van der Waals surface area contributed by atoms with E-state index >= 15 is 0 Å². The highest BCUT2D eigenvalue weighted by Gasteiger charge is 2.23. The molecule has 0 saturated carbocycles. The van der Waals surface area contributed by atoms with Crippen LogP contribution in [0.2, 0.25) is 0 Å². The monoisotopic (exact) mass is 429 g/mol. The van der Waals surface area contributed by atoms with Crippen molar-refractivity contribution >= 4 is 56.2 Å². The maximum absolute atomic E-state index is 12.3. The third-order valence-electron chi connectivity index (χ3n) is 4.12. The molecule has 0 bridgehead atoms. The summed E-state index contributed by atoms with van der Waals surface area (Å²) in [6.45, 7) is 4.12. The lowest BCUT2D eigenvalue weighted by atomic mass is 10.1. The van der Waals surface area contributed by atoms with Gasteiger partial charge in [0.05, 0.1) is 16.3 Å². The Morgan fingerprint density at radius 3 is 2.54 bits per heavy atom. The van der Waals surface area contributed by atoms with Gasteiger partial charge in [-0.1, -0.05) is 12.1 Å². The average molecular weight is 430 g/mol. The van der Waals surface area contributed by atoms with Crippen LogP contribution in [-0.4, -0.2) is 25.2 Å². The van der Waals surface area contributed by atoms with Crippen LogP contribution in [0.15, 0.2) is 50.8 Å². The summed E-state index contributed by atoms with van der Waals surface area (Å²) in [7, 11) is 3.99. The van der Waals surface area contributed by atoms with Crippen molar-refractivity contribution in [1.82, 2.24) is 5.32 Å². The first-order chi connectivity index (χ1) is 12.3. The van der Waals surface area contributed by atoms with E-state index in [2.05, 4.69) is 40.1 Å². The van der Waals surface area contributed by atoms with Crippen LogP contribution in [0.4, 0.5) is 11.4 Å². The predicted molar refractivity (Wildman–Crippen MR) is 115 cm³/mol. The number of benzene rings is 2. The highest BCUT2D eigenvalue weighted by Crippen LogP contribution is 2.31. The van der Waals surface area contributed by atoms with Crippen LogP contribution in [0, 0.1) is 13.8 Å². The zero-order chi connectivity index (χ0) is 18.8. The lowest BCUT2D eigenvalue weighted by Crippen LogP contribution is -2.19. The van der Waals surface area contributed by atoms with Gasteiger partial charge in [0.1, 0.15) is 0 Å². The molecule has 1 heterocycles. The van der Waals surface area contributed by atoms with Crippen molar-refractivity contribution in [2.45, 2.75) is 13.8 Å². The second kappa shape index (κ2) is 7.68. The van der Waals surface area contributed by atoms with Crippen molar-refractivity contribution in [2.24, 2.45) is 4.99 Å². The van der Waals surface area contributed by atoms with Gasteiger partial charge in [0.25, 0.3) is 5.91 Å². The van der Waals surface area contributed by atoms with E-state index < -0.39 is 0 Å². The largest absolute Gasteiger partial charge is 0.377 e. The number of aryl methyl sites for hydroxylation is 2. The Morgan fingerprint density at radius 2 is 1.88 bits per heavy atom. The number of halogens is 1. The van der Waals surface area contributed by atoms with Gasteiger partial charge in [-0.2, -0.15) is 0 Å². The molecule has 26 heavy (non-hydrogen) atoms. The number of anilines is 1. The topological polar surface area (TPSA) is 44.7 Å². The molecular weight excluding hydrogens is 410 g/mol. The Morgan fingerprint density at radius 1 is 1.12 bits per heavy atom. The maximum atomic E-state index is 12.3. The summed E-state index contributed by atoms with van der Waals surface area (Å²) in [5.74, 6) is -0.120. The second-order valence-electron chi connectivity index (χ2n) is 6.36. The zero-order valence-electron chi connectivity index (χ0n) is 15.1. The molecule has 0 aromatic heterocycles. The summed E-state index contributed by atoms with van der Waals surface area (Å²) in [6.07, 6.45) is 1.88. The van der Waals surface area contributed by atoms with E-state index in [4.69, 9.17) is 0 Å². The van der Waals surface area contributed by atoms with Crippen LogP contribution < -0.4 is 10.2 Å². The fourth-order valence-corrected chi connectivity index (χ4v) is 4.11. The van der Waals surface area contributed by atoms with Crippen LogP contribution in [0.25, 0.3) is 6.08 Å². The molecule has 0 unspecified atom stereocenters. The summed E-state index contributed by atoms with van der Waals surface area (Å²) < 4.78 is 0.990. The summed E-state index contributed by atoms with van der Waals surface area (Å²) in [5, 5.41) is 3.44. The van der Waals surface area contributed by atoms with E-state index in [1.54, 1.807) is 0 Å². The van der Waals surface area contributed by atoms with Crippen LogP contribution >= 0.6 is 27.7 Å². The lowest BCUT2D eigenvalue weighted by molar-refractivity contribution is -0.115. The molecule has 4 nitrogen and oxygen atoms in total. The number of hydrogen-bond donors (Lipinski definition) is 1. The molecule has 6 heteroatoms. The van der Waals surface area contributed by atoms with Crippen LogP contribution in [0.3, 0.4) is 0 Å². The molecule has 1 N–H and O–H groups in total. The van der Waals surface area contributed by atoms with Gasteiger partial charge in [0, 0.05) is 18.6 Å². The Bertz CT molecular complexity index is 935. The quantitative estimate of drug-likeness (QED) is 0.696. The molecule has 1 aliphatic heterocycles. The number of nitrogens with one attached hydrogen (secondary N) is 1. The van der Waals surface area contributed by atoms with E-state index in [-0.39, 0.29) is 5.91 Å². The zero-order valence-corrected chi connectivity index (χ0v) is 17.5. The molecule has 0 atom stereocenters. The fourth-order valence-electron chi connectivity index (χ4n) is 2.52. The van der Waals surface area contributed by atoms with Gasteiger partial charge in [0.2, 0.25) is 0 Å². The van der Waals surface area contributed by atoms with E-state index in [0.717, 1.165) is 21.4 Å². The second-order valence-corrected chi connectivity index (χ2v) is 8.24. The molecule has 2 aromatic rings. The van der Waals surface area contributed by atoms with Crippen molar-refractivity contribution < 1.29 is 4.79 Å². The summed E-state index contributed by atoms with van der Waals surface area (Å²) in [6, 6.07) is 12.1. The Balaban J connectivity index is 1.83. The molecule has 0 radical (unpaired) electrons. The first kappa shape index (κ1) is 18.7. The summed E-state index contributed by atoms with van der Waals surface area (Å²) in [5.41, 5.74) is 5.31. The Labute approximate surface area is 166 Å². The van der Waals surface area contributed by atoms with Crippen molar-refractivity contribution in [3.8, 4) is 0 Å². The van der Waals surface area contributed by atoms with Gasteiger partial charge >= 0.3 is 0 Å². The first-order valence-corrected chi connectivity index (χ1v) is 9.78. The number of hydrogen-bond acceptors (Lipinski definition) is 4. The Kier molecular flexibility index (Phi) is 5.53. The van der Waals surface area contributed by atoms with E-state index in [1.807, 2.05) is 61.5 Å². The number of nitrogens with zero attached hydrogens (tertiary/aromatic N) is 2. The average Bonchev–Trinajstić information content (AvgIpc) is 2.90. The smallest absolute Gasteiger partial charge is 0.264 e. The minimum atomic E-state index is -0.120. The highest BCUT2D eigenvalue weighted by molar-refractivity contribution is 9.10. The maximum Gasteiger partial charge on any atom is 0.264 e. The molecule has 3 rings (SSSR count). The van der Waals surface area contributed by atoms with Gasteiger partial charge in [-0.05, 0) is 88.6 Å². The number of aliphatic imine (C=N–C) groups is 1. The minimum absolute atomic E-state index is 0.120. The van der Waals surface area contributed by atoms with E-state index in [0.29, 0.717) is 10.1 Å². The number of amides is 1. The third-order valence-corrected chi connectivity index (χ3v) is 5.67. The van der Waals surface area contributed by atoms with Gasteiger partial charge < -0.3 is 10.2 Å². The van der Waals surface area contributed by atoms with E-state index in [9.17, 15) is 4.79 Å². The van der Waals surface area contributed by atoms with Crippen LogP contribution in [0.5, 0.6) is 0 Å². The molecule has 2 aromatic carbocycles. The SMILES string of the molecule is Cc1ccc(N=C2NC(=O)/C(=C/c3ccc(N(C)C)c(Br)c3)S2)cc1C. The molecule has 1 aliphatic rings. The normalized spacial score (nSPS) is 17.0. The number of amidine groups is 1. The van der Waals surface area contributed by atoms with Crippen molar-refractivity contribution in [3.63, 3.8) is 0 Å². The van der Waals surface area contributed by atoms with Gasteiger partial charge in [-0.25, -0.2) is 4.99 Å². The summed E-state index contributed by atoms with van der Waals surface area (Å²) >= 11 is 4.94. The Hall–Kier alpha value is -2.05. The fraction of sp³-hybridized carbons (Fsp3) is 0.200. The number of carbonyl (C=O) groups excluding carboxylic acids is 1. The molecule has 1 amide bonds. The van der Waals surface area contributed by atoms with Crippen LogP contribution in [0.1, 0.15) is 16.7 Å². The molecule has 0 aliphatic carbocycles.